The van der Waals surface area contributed by atoms with Gasteiger partial charge in [-0.15, -0.1) is 23.2 Å². The van der Waals surface area contributed by atoms with Gasteiger partial charge in [0.1, 0.15) is 5.57 Å². The van der Waals surface area contributed by atoms with E-state index in [4.69, 9.17) is 35.4 Å². The summed E-state index contributed by atoms with van der Waals surface area (Å²) in [5.41, 5.74) is 1.73. The average molecular weight is 372 g/mol. The van der Waals surface area contributed by atoms with E-state index in [9.17, 15) is 9.59 Å². The van der Waals surface area contributed by atoms with Crippen molar-refractivity contribution in [2.24, 2.45) is 0 Å². The second kappa shape index (κ2) is 8.29. The number of nitrogens with one attached hydrogen (secondary N) is 2. The third kappa shape index (κ3) is 4.67. The topological polar surface area (TPSA) is 61.4 Å². The normalized spacial score (nSPS) is 14.3. The zero-order chi connectivity index (χ0) is 16.8. The fraction of sp³-hybridized carbons (Fsp3) is 0.267. The molecule has 1 aliphatic heterocycles. The average Bonchev–Trinajstić information content (AvgIpc) is 2.51. The zero-order valence-corrected chi connectivity index (χ0v) is 14.5. The van der Waals surface area contributed by atoms with Crippen LogP contribution >= 0.6 is 35.4 Å². The quantitative estimate of drug-likeness (QED) is 0.347. The minimum Gasteiger partial charge on any atom is -0.369 e. The van der Waals surface area contributed by atoms with Gasteiger partial charge in [-0.1, -0.05) is 12.1 Å². The van der Waals surface area contributed by atoms with Crippen molar-refractivity contribution in [2.45, 2.75) is 0 Å². The summed E-state index contributed by atoms with van der Waals surface area (Å²) >= 11 is 16.3. The van der Waals surface area contributed by atoms with Crippen molar-refractivity contribution < 1.29 is 9.59 Å². The van der Waals surface area contributed by atoms with Gasteiger partial charge in [0.25, 0.3) is 11.8 Å². The minimum absolute atomic E-state index is 0.0183. The molecular weight excluding hydrogens is 357 g/mol. The van der Waals surface area contributed by atoms with E-state index in [-0.39, 0.29) is 10.7 Å². The van der Waals surface area contributed by atoms with Crippen LogP contribution in [0.15, 0.2) is 29.8 Å². The molecule has 1 saturated heterocycles. The molecule has 122 valence electrons. The molecule has 0 aliphatic carbocycles. The molecule has 0 saturated carbocycles. The van der Waals surface area contributed by atoms with Crippen LogP contribution in [0.4, 0.5) is 5.69 Å². The first-order valence-electron chi connectivity index (χ1n) is 6.90. The summed E-state index contributed by atoms with van der Waals surface area (Å²) in [5.74, 6) is -0.00576. The maximum Gasteiger partial charge on any atom is 0.263 e. The smallest absolute Gasteiger partial charge is 0.263 e. The summed E-state index contributed by atoms with van der Waals surface area (Å²) in [6, 6.07) is 7.44. The molecule has 1 heterocycles. The van der Waals surface area contributed by atoms with Crippen LogP contribution < -0.4 is 15.5 Å². The number of rotatable bonds is 6. The molecule has 0 spiro atoms. The second-order valence-corrected chi connectivity index (χ2v) is 5.92. The Morgan fingerprint density at radius 1 is 1.00 bits per heavy atom. The molecule has 2 amide bonds. The first-order valence-corrected chi connectivity index (χ1v) is 8.38. The highest BCUT2D eigenvalue weighted by atomic mass is 35.5. The third-order valence-electron chi connectivity index (χ3n) is 3.22. The number of hydrogen-bond donors (Lipinski definition) is 2. The van der Waals surface area contributed by atoms with E-state index in [1.165, 1.54) is 6.08 Å². The molecule has 2 rings (SSSR count). The Morgan fingerprint density at radius 3 is 2.00 bits per heavy atom. The van der Waals surface area contributed by atoms with Crippen molar-refractivity contribution in [1.82, 2.24) is 10.6 Å². The molecule has 2 N–H and O–H groups in total. The Hall–Kier alpha value is -1.63. The number of halogens is 2. The first-order chi connectivity index (χ1) is 11.0. The Balaban J connectivity index is 2.19. The van der Waals surface area contributed by atoms with E-state index in [0.29, 0.717) is 24.8 Å². The monoisotopic (exact) mass is 371 g/mol. The fourth-order valence-corrected chi connectivity index (χ4v) is 2.72. The highest BCUT2D eigenvalue weighted by molar-refractivity contribution is 7.80. The first kappa shape index (κ1) is 17.7. The lowest BCUT2D eigenvalue weighted by Crippen LogP contribution is -2.51. The zero-order valence-electron chi connectivity index (χ0n) is 12.1. The van der Waals surface area contributed by atoms with Crippen molar-refractivity contribution >= 4 is 64.1 Å². The number of nitrogens with zero attached hydrogens (tertiary/aromatic N) is 1. The lowest BCUT2D eigenvalue weighted by Gasteiger charge is -2.23. The molecule has 1 aromatic carbocycles. The van der Waals surface area contributed by atoms with Gasteiger partial charge in [-0.05, 0) is 36.0 Å². The van der Waals surface area contributed by atoms with Gasteiger partial charge >= 0.3 is 0 Å². The van der Waals surface area contributed by atoms with Crippen molar-refractivity contribution in [1.29, 1.82) is 0 Å². The molecule has 1 fully saturated rings. The lowest BCUT2D eigenvalue weighted by atomic mass is 10.1. The summed E-state index contributed by atoms with van der Waals surface area (Å²) in [6.07, 6.45) is 1.52. The summed E-state index contributed by atoms with van der Waals surface area (Å²) in [5, 5.41) is 4.81. The Bertz CT molecular complexity index is 619. The fourth-order valence-electron chi connectivity index (χ4n) is 2.13. The maximum absolute atomic E-state index is 11.8. The van der Waals surface area contributed by atoms with Gasteiger partial charge < -0.3 is 4.90 Å². The van der Waals surface area contributed by atoms with Gasteiger partial charge in [0.15, 0.2) is 5.11 Å². The van der Waals surface area contributed by atoms with E-state index in [1.54, 1.807) is 0 Å². The summed E-state index contributed by atoms with van der Waals surface area (Å²) < 4.78 is 0. The molecule has 5 nitrogen and oxygen atoms in total. The van der Waals surface area contributed by atoms with E-state index in [1.807, 2.05) is 24.3 Å². The van der Waals surface area contributed by atoms with Gasteiger partial charge in [0, 0.05) is 30.5 Å². The SMILES string of the molecule is O=C1NC(=S)NC(=O)C1=Cc1ccc(N(CCCl)CCCl)cc1. The number of thiocarbonyl (C=S) groups is 1. The van der Waals surface area contributed by atoms with Crippen LogP contribution in [0.3, 0.4) is 0 Å². The highest BCUT2D eigenvalue weighted by Crippen LogP contribution is 2.18. The van der Waals surface area contributed by atoms with E-state index >= 15 is 0 Å². The van der Waals surface area contributed by atoms with Crippen molar-refractivity contribution in [3.8, 4) is 0 Å². The Morgan fingerprint density at radius 2 is 1.52 bits per heavy atom. The molecule has 23 heavy (non-hydrogen) atoms. The molecule has 0 radical (unpaired) electrons. The predicted molar refractivity (Wildman–Crippen MR) is 97.0 cm³/mol. The third-order valence-corrected chi connectivity index (χ3v) is 3.76. The number of benzene rings is 1. The minimum atomic E-state index is -0.506. The number of carbonyl (C=O) groups excluding carboxylic acids is 2. The van der Waals surface area contributed by atoms with E-state index in [0.717, 1.165) is 11.3 Å². The Labute approximate surface area is 149 Å². The van der Waals surface area contributed by atoms with Gasteiger partial charge in [-0.2, -0.15) is 0 Å². The molecule has 0 unspecified atom stereocenters. The molecule has 8 heteroatoms. The molecule has 0 aromatic heterocycles. The number of amides is 2. The van der Waals surface area contributed by atoms with Gasteiger partial charge in [0.2, 0.25) is 0 Å². The summed E-state index contributed by atoms with van der Waals surface area (Å²) in [6.45, 7) is 1.38. The van der Waals surface area contributed by atoms with Crippen LogP contribution in [-0.2, 0) is 9.59 Å². The number of alkyl halides is 2. The standard InChI is InChI=1S/C15H15Cl2N3O2S/c16-5-7-20(8-6-17)11-3-1-10(2-4-11)9-12-13(21)18-15(23)19-14(12)22/h1-4,9H,5-8H2,(H2,18,19,21,22,23). The highest BCUT2D eigenvalue weighted by Gasteiger charge is 2.25. The van der Waals surface area contributed by atoms with Crippen LogP contribution in [0.25, 0.3) is 6.08 Å². The molecular formula is C15H15Cl2N3O2S. The molecule has 0 bridgehead atoms. The maximum atomic E-state index is 11.8. The molecule has 1 aliphatic rings. The van der Waals surface area contributed by atoms with Crippen LogP contribution in [-0.4, -0.2) is 41.8 Å². The van der Waals surface area contributed by atoms with Crippen LogP contribution in [0, 0.1) is 0 Å². The molecule has 0 atom stereocenters. The second-order valence-electron chi connectivity index (χ2n) is 4.75. The van der Waals surface area contributed by atoms with Crippen molar-refractivity contribution in [3.63, 3.8) is 0 Å². The predicted octanol–water partition coefficient (Wildman–Crippen LogP) is 1.88. The van der Waals surface area contributed by atoms with Crippen molar-refractivity contribution in [3.05, 3.63) is 35.4 Å². The number of carbonyl (C=O) groups is 2. The molecule has 1 aromatic rings. The number of anilines is 1. The largest absolute Gasteiger partial charge is 0.369 e. The summed E-state index contributed by atoms with van der Waals surface area (Å²) in [7, 11) is 0. The van der Waals surface area contributed by atoms with Crippen LogP contribution in [0.5, 0.6) is 0 Å². The van der Waals surface area contributed by atoms with Gasteiger partial charge in [-0.25, -0.2) is 0 Å². The lowest BCUT2D eigenvalue weighted by molar-refractivity contribution is -0.123. The van der Waals surface area contributed by atoms with Gasteiger partial charge in [0.05, 0.1) is 0 Å². The van der Waals surface area contributed by atoms with Crippen LogP contribution in [0.1, 0.15) is 5.56 Å². The van der Waals surface area contributed by atoms with E-state index < -0.39 is 11.8 Å². The van der Waals surface area contributed by atoms with Crippen molar-refractivity contribution in [2.75, 3.05) is 29.7 Å². The van der Waals surface area contributed by atoms with Gasteiger partial charge in [-0.3, -0.25) is 20.2 Å². The Kier molecular flexibility index (Phi) is 6.38. The number of hydrogen-bond acceptors (Lipinski definition) is 4. The summed E-state index contributed by atoms with van der Waals surface area (Å²) in [4.78, 5) is 25.7. The van der Waals surface area contributed by atoms with E-state index in [2.05, 4.69) is 15.5 Å². The van der Waals surface area contributed by atoms with Crippen LogP contribution in [0.2, 0.25) is 0 Å².